The van der Waals surface area contributed by atoms with Gasteiger partial charge in [0, 0.05) is 31.5 Å². The van der Waals surface area contributed by atoms with E-state index in [0.717, 1.165) is 18.2 Å². The van der Waals surface area contributed by atoms with Crippen molar-refractivity contribution in [1.29, 1.82) is 0 Å². The van der Waals surface area contributed by atoms with Crippen molar-refractivity contribution in [2.24, 2.45) is 0 Å². The molecule has 4 nitrogen and oxygen atoms in total. The first-order chi connectivity index (χ1) is 13.3. The number of amides is 1. The Kier molecular flexibility index (Phi) is 5.35. The van der Waals surface area contributed by atoms with E-state index in [-0.39, 0.29) is 18.0 Å². The lowest BCUT2D eigenvalue weighted by Crippen LogP contribution is -2.26. The van der Waals surface area contributed by atoms with Crippen LogP contribution in [-0.4, -0.2) is 22.8 Å². The first kappa shape index (κ1) is 19.4. The number of benzene rings is 2. The third-order valence-electron chi connectivity index (χ3n) is 4.22. The average Bonchev–Trinajstić information content (AvgIpc) is 2.67. The molecule has 0 saturated heterocycles. The molecular formula is C21H16F3N2O2. The van der Waals surface area contributed by atoms with Gasteiger partial charge in [0.1, 0.15) is 0 Å². The molecule has 7 heteroatoms. The number of carbonyl (C=O) groups excluding carboxylic acids is 1. The number of pyridine rings is 1. The molecule has 0 atom stereocenters. The Morgan fingerprint density at radius 1 is 1.07 bits per heavy atom. The smallest absolute Gasteiger partial charge is 0.337 e. The van der Waals surface area contributed by atoms with Crippen LogP contribution in [0.3, 0.4) is 0 Å². The normalized spacial score (nSPS) is 11.3. The maximum absolute atomic E-state index is 13.0. The fourth-order valence-corrected chi connectivity index (χ4v) is 2.82. The van der Waals surface area contributed by atoms with Crippen molar-refractivity contribution in [2.45, 2.75) is 12.7 Å². The second-order valence-corrected chi connectivity index (χ2v) is 6.31. The fourth-order valence-electron chi connectivity index (χ4n) is 2.82. The molecule has 0 unspecified atom stereocenters. The van der Waals surface area contributed by atoms with Gasteiger partial charge in [0.2, 0.25) is 0 Å². The maximum Gasteiger partial charge on any atom is 0.416 e. The molecule has 0 aliphatic rings. The average molecular weight is 385 g/mol. The number of nitrogens with zero attached hydrogens (tertiary/aromatic N) is 2. The Hall–Kier alpha value is -3.35. The second-order valence-electron chi connectivity index (χ2n) is 6.31. The number of rotatable bonds is 4. The van der Waals surface area contributed by atoms with Crippen molar-refractivity contribution in [1.82, 2.24) is 9.88 Å². The first-order valence-electron chi connectivity index (χ1n) is 8.39. The summed E-state index contributed by atoms with van der Waals surface area (Å²) in [6.07, 6.45) is -1.51. The van der Waals surface area contributed by atoms with Gasteiger partial charge in [0.15, 0.2) is 5.75 Å². The number of hydrogen-bond acceptors (Lipinski definition) is 2. The molecule has 3 rings (SSSR count). The van der Waals surface area contributed by atoms with E-state index in [1.54, 1.807) is 49.6 Å². The summed E-state index contributed by atoms with van der Waals surface area (Å²) in [7, 11) is 1.62. The lowest BCUT2D eigenvalue weighted by molar-refractivity contribution is -0.137. The van der Waals surface area contributed by atoms with Gasteiger partial charge in [0.25, 0.3) is 5.91 Å². The lowest BCUT2D eigenvalue weighted by atomic mass is 9.99. The zero-order valence-electron chi connectivity index (χ0n) is 14.9. The summed E-state index contributed by atoms with van der Waals surface area (Å²) in [5.41, 5.74) is 0.583. The van der Waals surface area contributed by atoms with E-state index in [1.165, 1.54) is 11.1 Å². The van der Waals surface area contributed by atoms with Gasteiger partial charge >= 0.3 is 6.18 Å². The van der Waals surface area contributed by atoms with E-state index in [4.69, 9.17) is 0 Å². The van der Waals surface area contributed by atoms with Gasteiger partial charge in [-0.2, -0.15) is 13.2 Å². The summed E-state index contributed by atoms with van der Waals surface area (Å²) in [6, 6.07) is 12.4. The van der Waals surface area contributed by atoms with E-state index in [9.17, 15) is 23.1 Å². The first-order valence-corrected chi connectivity index (χ1v) is 8.39. The van der Waals surface area contributed by atoms with Crippen LogP contribution in [-0.2, 0) is 17.8 Å². The van der Waals surface area contributed by atoms with Crippen LogP contribution in [0.2, 0.25) is 0 Å². The standard InChI is InChI=1S/C21H16F3N2O2/c1-26(20(28)16-6-3-9-25-12-16)13-14-4-2-5-15(10-14)18-11-17(21(22,23)24)7-8-19(18)27/h2-12H,13H2,1H3. The van der Waals surface area contributed by atoms with Gasteiger partial charge < -0.3 is 4.90 Å². The van der Waals surface area contributed by atoms with Crippen LogP contribution in [0.5, 0.6) is 5.75 Å². The number of carbonyl (C=O) groups is 1. The molecule has 1 aromatic heterocycles. The van der Waals surface area contributed by atoms with Gasteiger partial charge in [0.05, 0.1) is 11.1 Å². The molecule has 2 aromatic carbocycles. The van der Waals surface area contributed by atoms with Gasteiger partial charge in [-0.1, -0.05) is 18.2 Å². The topological polar surface area (TPSA) is 53.1 Å². The zero-order valence-corrected chi connectivity index (χ0v) is 14.9. The van der Waals surface area contributed by atoms with Crippen molar-refractivity contribution in [3.8, 4) is 16.9 Å². The van der Waals surface area contributed by atoms with Crippen molar-refractivity contribution in [3.63, 3.8) is 0 Å². The number of hydrogen-bond donors (Lipinski definition) is 0. The van der Waals surface area contributed by atoms with Crippen LogP contribution in [0.15, 0.2) is 67.0 Å². The SMILES string of the molecule is CN(Cc1cccc(-c2cc(C(F)(F)F)ccc2[O])c1)C(=O)c1cccnc1. The van der Waals surface area contributed by atoms with Crippen LogP contribution >= 0.6 is 0 Å². The fraction of sp³-hybridized carbons (Fsp3) is 0.143. The Labute approximate surface area is 159 Å². The summed E-state index contributed by atoms with van der Waals surface area (Å²) in [6.45, 7) is 0.231. The minimum atomic E-state index is -4.53. The number of alkyl halides is 3. The number of aromatic nitrogens is 1. The van der Waals surface area contributed by atoms with E-state index in [1.807, 2.05) is 0 Å². The van der Waals surface area contributed by atoms with Crippen LogP contribution in [0, 0.1) is 0 Å². The minimum Gasteiger partial charge on any atom is -0.337 e. The Morgan fingerprint density at radius 3 is 2.54 bits per heavy atom. The predicted octanol–water partition coefficient (Wildman–Crippen LogP) is 5.18. The minimum absolute atomic E-state index is 0.0297. The summed E-state index contributed by atoms with van der Waals surface area (Å²) in [4.78, 5) is 17.8. The molecule has 1 amide bonds. The zero-order chi connectivity index (χ0) is 20.3. The van der Waals surface area contributed by atoms with Gasteiger partial charge in [-0.15, -0.1) is 0 Å². The highest BCUT2D eigenvalue weighted by Crippen LogP contribution is 2.37. The molecule has 1 heterocycles. The molecule has 0 bridgehead atoms. The molecule has 28 heavy (non-hydrogen) atoms. The summed E-state index contributed by atoms with van der Waals surface area (Å²) < 4.78 is 38.9. The largest absolute Gasteiger partial charge is 0.416 e. The molecule has 0 aliphatic heterocycles. The molecule has 0 aliphatic carbocycles. The molecular weight excluding hydrogens is 369 g/mol. The van der Waals surface area contributed by atoms with Gasteiger partial charge in [-0.3, -0.25) is 14.9 Å². The van der Waals surface area contributed by atoms with E-state index in [2.05, 4.69) is 4.98 Å². The highest BCUT2D eigenvalue weighted by Gasteiger charge is 2.31. The van der Waals surface area contributed by atoms with E-state index < -0.39 is 17.5 Å². The monoisotopic (exact) mass is 385 g/mol. The third-order valence-corrected chi connectivity index (χ3v) is 4.22. The Balaban J connectivity index is 1.86. The predicted molar refractivity (Wildman–Crippen MR) is 97.0 cm³/mol. The maximum atomic E-state index is 13.0. The van der Waals surface area contributed by atoms with Crippen LogP contribution in [0.4, 0.5) is 13.2 Å². The molecule has 0 saturated carbocycles. The van der Waals surface area contributed by atoms with Crippen molar-refractivity contribution in [2.75, 3.05) is 7.05 Å². The van der Waals surface area contributed by atoms with Crippen LogP contribution in [0.1, 0.15) is 21.5 Å². The Morgan fingerprint density at radius 2 is 1.86 bits per heavy atom. The summed E-state index contributed by atoms with van der Waals surface area (Å²) >= 11 is 0. The van der Waals surface area contributed by atoms with E-state index >= 15 is 0 Å². The van der Waals surface area contributed by atoms with Crippen molar-refractivity contribution >= 4 is 5.91 Å². The molecule has 143 valence electrons. The molecule has 3 aromatic rings. The Bertz CT molecular complexity index is 988. The number of halogens is 3. The van der Waals surface area contributed by atoms with Crippen LogP contribution < -0.4 is 0 Å². The highest BCUT2D eigenvalue weighted by atomic mass is 19.4. The molecule has 0 fully saturated rings. The van der Waals surface area contributed by atoms with E-state index in [0.29, 0.717) is 16.7 Å². The van der Waals surface area contributed by atoms with Crippen LogP contribution in [0.25, 0.3) is 11.1 Å². The lowest BCUT2D eigenvalue weighted by Gasteiger charge is -2.18. The third kappa shape index (κ3) is 4.31. The second kappa shape index (κ2) is 7.72. The molecule has 0 spiro atoms. The summed E-state index contributed by atoms with van der Waals surface area (Å²) in [5, 5.41) is 12.1. The molecule has 0 N–H and O–H groups in total. The highest BCUT2D eigenvalue weighted by molar-refractivity contribution is 5.93. The quantitative estimate of drug-likeness (QED) is 0.621. The molecule has 1 radical (unpaired) electrons. The van der Waals surface area contributed by atoms with Gasteiger partial charge in [-0.25, -0.2) is 0 Å². The van der Waals surface area contributed by atoms with Crippen molar-refractivity contribution in [3.05, 3.63) is 83.7 Å². The van der Waals surface area contributed by atoms with Crippen molar-refractivity contribution < 1.29 is 23.1 Å². The van der Waals surface area contributed by atoms with Gasteiger partial charge in [-0.05, 0) is 47.5 Å². The summed E-state index contributed by atoms with van der Waals surface area (Å²) in [5.74, 6) is -0.730.